The lowest BCUT2D eigenvalue weighted by Crippen LogP contribution is -2.33. The normalized spacial score (nSPS) is 21.9. The molecule has 23 heavy (non-hydrogen) atoms. The second-order valence-corrected chi connectivity index (χ2v) is 6.20. The minimum absolute atomic E-state index is 0.228. The smallest absolute Gasteiger partial charge is 0.330 e. The average molecular weight is 322 g/mol. The minimum Gasteiger partial charge on any atom is -0.463 e. The van der Waals surface area contributed by atoms with Crippen LogP contribution in [0.3, 0.4) is 0 Å². The van der Waals surface area contributed by atoms with Crippen molar-refractivity contribution in [3.63, 3.8) is 0 Å². The molecule has 1 aliphatic carbocycles. The molecule has 0 saturated carbocycles. The molecule has 0 amide bonds. The predicted molar refractivity (Wildman–Crippen MR) is 83.5 cm³/mol. The summed E-state index contributed by atoms with van der Waals surface area (Å²) in [6, 6.07) is 3.29. The quantitative estimate of drug-likeness (QED) is 0.683. The maximum Gasteiger partial charge on any atom is 0.330 e. The third-order valence-corrected chi connectivity index (χ3v) is 3.82. The van der Waals surface area contributed by atoms with Crippen LogP contribution in [-0.2, 0) is 9.53 Å². The summed E-state index contributed by atoms with van der Waals surface area (Å²) in [6.07, 6.45) is 2.41. The molecule has 0 aliphatic heterocycles. The molecule has 3 nitrogen and oxygen atoms in total. The van der Waals surface area contributed by atoms with E-state index in [9.17, 15) is 18.7 Å². The van der Waals surface area contributed by atoms with Crippen LogP contribution in [0, 0.1) is 17.0 Å². The summed E-state index contributed by atoms with van der Waals surface area (Å²) in [4.78, 5) is 11.7. The van der Waals surface area contributed by atoms with E-state index in [4.69, 9.17) is 4.74 Å². The molecule has 1 N–H and O–H groups in total. The number of aliphatic hydroxyl groups excluding tert-OH is 1. The van der Waals surface area contributed by atoms with Crippen LogP contribution in [0.2, 0.25) is 0 Å². The van der Waals surface area contributed by atoms with E-state index in [0.717, 1.165) is 6.07 Å². The number of aliphatic hydroxyl groups is 1. The molecule has 0 aromatic heterocycles. The van der Waals surface area contributed by atoms with Gasteiger partial charge in [-0.25, -0.2) is 13.6 Å². The Morgan fingerprint density at radius 2 is 1.96 bits per heavy atom. The molecule has 1 aromatic rings. The number of carbonyl (C=O) groups excluding carboxylic acids is 1. The second-order valence-electron chi connectivity index (χ2n) is 6.20. The summed E-state index contributed by atoms with van der Waals surface area (Å²) in [6.45, 7) is 5.52. The van der Waals surface area contributed by atoms with Gasteiger partial charge in [0.1, 0.15) is 11.6 Å². The Balaban J connectivity index is 2.43. The van der Waals surface area contributed by atoms with Gasteiger partial charge in [0.25, 0.3) is 0 Å². The van der Waals surface area contributed by atoms with Gasteiger partial charge in [-0.2, -0.15) is 0 Å². The molecular weight excluding hydrogens is 302 g/mol. The topological polar surface area (TPSA) is 46.5 Å². The third kappa shape index (κ3) is 4.05. The number of hydrogen-bond donors (Lipinski definition) is 1. The van der Waals surface area contributed by atoms with Gasteiger partial charge in [-0.1, -0.05) is 19.9 Å². The summed E-state index contributed by atoms with van der Waals surface area (Å²) in [7, 11) is 0. The Morgan fingerprint density at radius 3 is 2.52 bits per heavy atom. The maximum absolute atomic E-state index is 13.5. The van der Waals surface area contributed by atoms with Gasteiger partial charge in [0.2, 0.25) is 0 Å². The van der Waals surface area contributed by atoms with Crippen LogP contribution in [0.1, 0.15) is 32.8 Å². The zero-order valence-electron chi connectivity index (χ0n) is 13.4. The van der Waals surface area contributed by atoms with Gasteiger partial charge in [0, 0.05) is 17.6 Å². The average Bonchev–Trinajstić information content (AvgIpc) is 2.42. The molecule has 0 bridgehead atoms. The number of ether oxygens (including phenoxy) is 1. The predicted octanol–water partition coefficient (Wildman–Crippen LogP) is 3.63. The number of esters is 1. The van der Waals surface area contributed by atoms with Gasteiger partial charge in [-0.15, -0.1) is 0 Å². The first kappa shape index (κ1) is 17.3. The van der Waals surface area contributed by atoms with Crippen molar-refractivity contribution in [2.24, 2.45) is 5.41 Å². The van der Waals surface area contributed by atoms with Crippen LogP contribution < -0.4 is 0 Å². The first-order valence-electron chi connectivity index (χ1n) is 7.46. The lowest BCUT2D eigenvalue weighted by Gasteiger charge is -2.35. The molecule has 1 aromatic carbocycles. The van der Waals surface area contributed by atoms with Crippen molar-refractivity contribution in [1.82, 2.24) is 0 Å². The van der Waals surface area contributed by atoms with E-state index in [1.807, 2.05) is 0 Å². The number of benzene rings is 1. The Kier molecular flexibility index (Phi) is 5.00. The lowest BCUT2D eigenvalue weighted by molar-refractivity contribution is -0.137. The summed E-state index contributed by atoms with van der Waals surface area (Å²) < 4.78 is 31.8. The first-order valence-corrected chi connectivity index (χ1v) is 7.46. The van der Waals surface area contributed by atoms with Crippen LogP contribution in [0.4, 0.5) is 8.78 Å². The van der Waals surface area contributed by atoms with E-state index in [-0.39, 0.29) is 13.0 Å². The molecule has 0 saturated heterocycles. The van der Waals surface area contributed by atoms with Gasteiger partial charge in [0.15, 0.2) is 0 Å². The Hall–Kier alpha value is -2.01. The van der Waals surface area contributed by atoms with Crippen LogP contribution in [0.5, 0.6) is 0 Å². The van der Waals surface area contributed by atoms with Crippen LogP contribution in [0.25, 0.3) is 5.57 Å². The number of rotatable bonds is 3. The highest BCUT2D eigenvalue weighted by molar-refractivity contribution is 5.84. The molecule has 124 valence electrons. The zero-order valence-corrected chi connectivity index (χ0v) is 13.4. The van der Waals surface area contributed by atoms with E-state index in [2.05, 4.69) is 0 Å². The Bertz CT molecular complexity index is 655. The third-order valence-electron chi connectivity index (χ3n) is 3.82. The molecule has 0 fully saturated rings. The van der Waals surface area contributed by atoms with E-state index >= 15 is 0 Å². The van der Waals surface area contributed by atoms with Gasteiger partial charge in [-0.3, -0.25) is 0 Å². The van der Waals surface area contributed by atoms with Crippen molar-refractivity contribution < 1.29 is 23.4 Å². The van der Waals surface area contributed by atoms with Crippen molar-refractivity contribution >= 4 is 11.5 Å². The molecule has 1 aliphatic rings. The molecule has 0 radical (unpaired) electrons. The van der Waals surface area contributed by atoms with Gasteiger partial charge in [-0.05, 0) is 42.2 Å². The van der Waals surface area contributed by atoms with Crippen molar-refractivity contribution in [3.8, 4) is 0 Å². The fourth-order valence-electron chi connectivity index (χ4n) is 2.76. The number of allylic oxidation sites excluding steroid dienone is 1. The van der Waals surface area contributed by atoms with E-state index < -0.39 is 29.1 Å². The van der Waals surface area contributed by atoms with Crippen molar-refractivity contribution in [3.05, 3.63) is 53.1 Å². The number of carbonyl (C=O) groups is 1. The zero-order chi connectivity index (χ0) is 17.2. The summed E-state index contributed by atoms with van der Waals surface area (Å²) in [5.74, 6) is -1.87. The highest BCUT2D eigenvalue weighted by atomic mass is 19.1. The van der Waals surface area contributed by atoms with Crippen molar-refractivity contribution in [1.29, 1.82) is 0 Å². The maximum atomic E-state index is 13.5. The summed E-state index contributed by atoms with van der Waals surface area (Å²) in [5.41, 5.74) is 0.858. The Morgan fingerprint density at radius 1 is 1.35 bits per heavy atom. The number of hydrogen-bond acceptors (Lipinski definition) is 3. The minimum atomic E-state index is -0.867. The summed E-state index contributed by atoms with van der Waals surface area (Å²) in [5, 5.41) is 10.4. The summed E-state index contributed by atoms with van der Waals surface area (Å²) >= 11 is 0. The molecular formula is C18H20F2O3. The Labute approximate surface area is 134 Å². The second kappa shape index (κ2) is 6.62. The standard InChI is InChI=1S/C18H20F2O3/c1-4-23-16(21)8-12-5-13(10-18(2,3)17(12)22)11-6-14(19)9-15(20)7-11/h6-10,17,22H,4-5H2,1-3H3/b12-8-. The molecule has 0 spiro atoms. The highest BCUT2D eigenvalue weighted by Gasteiger charge is 2.34. The molecule has 1 atom stereocenters. The van der Waals surface area contributed by atoms with Gasteiger partial charge >= 0.3 is 5.97 Å². The molecule has 5 heteroatoms. The fourth-order valence-corrected chi connectivity index (χ4v) is 2.76. The van der Waals surface area contributed by atoms with E-state index in [1.165, 1.54) is 18.2 Å². The SMILES string of the molecule is CCOC(=O)/C=C1/CC(c2cc(F)cc(F)c2)=CC(C)(C)C1O. The lowest BCUT2D eigenvalue weighted by atomic mass is 9.73. The highest BCUT2D eigenvalue weighted by Crippen LogP contribution is 2.41. The molecule has 2 rings (SSSR count). The fraction of sp³-hybridized carbons (Fsp3) is 0.389. The molecule has 1 unspecified atom stereocenters. The van der Waals surface area contributed by atoms with Crippen LogP contribution >= 0.6 is 0 Å². The van der Waals surface area contributed by atoms with Gasteiger partial charge < -0.3 is 9.84 Å². The monoisotopic (exact) mass is 322 g/mol. The van der Waals surface area contributed by atoms with Crippen molar-refractivity contribution in [2.75, 3.05) is 6.61 Å². The van der Waals surface area contributed by atoms with E-state index in [0.29, 0.717) is 16.7 Å². The van der Waals surface area contributed by atoms with Crippen molar-refractivity contribution in [2.45, 2.75) is 33.3 Å². The van der Waals surface area contributed by atoms with Crippen LogP contribution in [0.15, 0.2) is 35.9 Å². The van der Waals surface area contributed by atoms with Crippen LogP contribution in [-0.4, -0.2) is 23.8 Å². The first-order chi connectivity index (χ1) is 10.7. The van der Waals surface area contributed by atoms with Gasteiger partial charge in [0.05, 0.1) is 12.7 Å². The molecule has 0 heterocycles. The number of halogens is 2. The van der Waals surface area contributed by atoms with E-state index in [1.54, 1.807) is 26.8 Å². The largest absolute Gasteiger partial charge is 0.463 e.